The van der Waals surface area contributed by atoms with Crippen LogP contribution in [0.4, 0.5) is 13.2 Å². The number of hydrogen-bond donors (Lipinski definition) is 0. The third kappa shape index (κ3) is 4.56. The lowest BCUT2D eigenvalue weighted by Crippen LogP contribution is -2.48. The highest BCUT2D eigenvalue weighted by molar-refractivity contribution is 5.95. The Bertz CT molecular complexity index is 1220. The highest BCUT2D eigenvalue weighted by atomic mass is 19.4. The fourth-order valence-electron chi connectivity index (χ4n) is 5.82. The molecule has 0 unspecified atom stereocenters. The molecule has 0 atom stereocenters. The summed E-state index contributed by atoms with van der Waals surface area (Å²) in [5.74, 6) is 0.0931. The van der Waals surface area contributed by atoms with E-state index in [1.165, 1.54) is 42.4 Å². The van der Waals surface area contributed by atoms with Gasteiger partial charge in [-0.05, 0) is 62.9 Å². The molecule has 35 heavy (non-hydrogen) atoms. The predicted octanol–water partition coefficient (Wildman–Crippen LogP) is 5.83. The van der Waals surface area contributed by atoms with Crippen LogP contribution in [0.25, 0.3) is 16.7 Å². The van der Waals surface area contributed by atoms with Crippen LogP contribution in [0, 0.1) is 6.92 Å². The molecule has 1 aliphatic carbocycles. The van der Waals surface area contributed by atoms with Gasteiger partial charge in [0, 0.05) is 37.8 Å². The number of carbonyl (C=O) groups is 1. The second-order valence-corrected chi connectivity index (χ2v) is 9.83. The van der Waals surface area contributed by atoms with Crippen molar-refractivity contribution in [3.8, 4) is 5.69 Å². The number of aromatic nitrogens is 2. The second-order valence-electron chi connectivity index (χ2n) is 9.83. The molecular formula is C27H31F3N4O. The molecule has 1 saturated carbocycles. The standard InChI is InChI=1S/C27H31F3N4O/c1-18-31-23-9-5-6-10-25(23)34(18)24-12-11-19(17-22(24)27(28,29)30)26(35)32(2)20-13-15-33(16-14-20)21-7-3-4-8-21/h5-6,9-12,17,20-21H,3-4,7-8,13-16H2,1-2H3. The number of amides is 1. The van der Waals surface area contributed by atoms with Gasteiger partial charge in [0.25, 0.3) is 5.91 Å². The lowest BCUT2D eigenvalue weighted by atomic mass is 9.99. The molecule has 0 radical (unpaired) electrons. The van der Waals surface area contributed by atoms with Crippen LogP contribution >= 0.6 is 0 Å². The SMILES string of the molecule is Cc1nc2ccccc2n1-c1ccc(C(=O)N(C)C2CCN(C3CCCC3)CC2)cc1C(F)(F)F. The van der Waals surface area contributed by atoms with Crippen molar-refractivity contribution >= 4 is 16.9 Å². The number of alkyl halides is 3. The summed E-state index contributed by atoms with van der Waals surface area (Å²) < 4.78 is 44.1. The van der Waals surface area contributed by atoms with Crippen molar-refractivity contribution in [2.24, 2.45) is 0 Å². The first-order valence-corrected chi connectivity index (χ1v) is 12.4. The van der Waals surface area contributed by atoms with E-state index in [1.54, 1.807) is 43.1 Å². The van der Waals surface area contributed by atoms with Gasteiger partial charge in [-0.2, -0.15) is 13.2 Å². The summed E-state index contributed by atoms with van der Waals surface area (Å²) in [6.07, 6.45) is 2.15. The summed E-state index contributed by atoms with van der Waals surface area (Å²) in [5.41, 5.74) is 0.429. The average Bonchev–Trinajstić information content (AvgIpc) is 3.50. The zero-order valence-electron chi connectivity index (χ0n) is 20.2. The molecule has 1 saturated heterocycles. The number of likely N-dealkylation sites (tertiary alicyclic amines) is 1. The van der Waals surface area contributed by atoms with Crippen molar-refractivity contribution in [3.05, 3.63) is 59.4 Å². The molecule has 1 aromatic heterocycles. The highest BCUT2D eigenvalue weighted by Crippen LogP contribution is 2.37. The Morgan fingerprint density at radius 2 is 1.71 bits per heavy atom. The van der Waals surface area contributed by atoms with Crippen molar-refractivity contribution in [1.29, 1.82) is 0 Å². The first-order valence-electron chi connectivity index (χ1n) is 12.4. The summed E-state index contributed by atoms with van der Waals surface area (Å²) in [7, 11) is 1.72. The summed E-state index contributed by atoms with van der Waals surface area (Å²) >= 11 is 0. The van der Waals surface area contributed by atoms with E-state index in [4.69, 9.17) is 0 Å². The minimum absolute atomic E-state index is 0.0206. The maximum atomic E-state index is 14.2. The zero-order chi connectivity index (χ0) is 24.7. The van der Waals surface area contributed by atoms with Gasteiger partial charge in [0.1, 0.15) is 5.82 Å². The number of hydrogen-bond acceptors (Lipinski definition) is 3. The quantitative estimate of drug-likeness (QED) is 0.468. The molecule has 5 nitrogen and oxygen atoms in total. The average molecular weight is 485 g/mol. The van der Waals surface area contributed by atoms with E-state index in [0.29, 0.717) is 22.9 Å². The number of piperidine rings is 1. The van der Waals surface area contributed by atoms with Gasteiger partial charge in [-0.15, -0.1) is 0 Å². The van der Waals surface area contributed by atoms with E-state index in [1.807, 2.05) is 0 Å². The first-order chi connectivity index (χ1) is 16.7. The number of benzene rings is 2. The molecule has 2 heterocycles. The first kappa shape index (κ1) is 23.9. The molecule has 2 aliphatic rings. The Morgan fingerprint density at radius 1 is 1.03 bits per heavy atom. The minimum atomic E-state index is -4.62. The molecule has 8 heteroatoms. The van der Waals surface area contributed by atoms with Crippen molar-refractivity contribution in [1.82, 2.24) is 19.4 Å². The van der Waals surface area contributed by atoms with Crippen molar-refractivity contribution in [3.63, 3.8) is 0 Å². The maximum absolute atomic E-state index is 14.2. The number of nitrogens with zero attached hydrogens (tertiary/aromatic N) is 4. The molecule has 0 N–H and O–H groups in total. The van der Waals surface area contributed by atoms with Gasteiger partial charge in [0.2, 0.25) is 0 Å². The largest absolute Gasteiger partial charge is 0.418 e. The van der Waals surface area contributed by atoms with Gasteiger partial charge in [0.05, 0.1) is 22.3 Å². The fourth-order valence-corrected chi connectivity index (χ4v) is 5.82. The fraction of sp³-hybridized carbons (Fsp3) is 0.481. The number of fused-ring (bicyclic) bond motifs is 1. The van der Waals surface area contributed by atoms with E-state index in [-0.39, 0.29) is 23.2 Å². The van der Waals surface area contributed by atoms with Crippen LogP contribution in [-0.2, 0) is 6.18 Å². The summed E-state index contributed by atoms with van der Waals surface area (Å²) in [4.78, 5) is 21.8. The Kier molecular flexibility index (Phi) is 6.34. The highest BCUT2D eigenvalue weighted by Gasteiger charge is 2.36. The second kappa shape index (κ2) is 9.30. The zero-order valence-corrected chi connectivity index (χ0v) is 20.2. The maximum Gasteiger partial charge on any atom is 0.418 e. The Hall–Kier alpha value is -2.87. The van der Waals surface area contributed by atoms with Crippen molar-refractivity contribution < 1.29 is 18.0 Å². The van der Waals surface area contributed by atoms with E-state index in [2.05, 4.69) is 9.88 Å². The van der Waals surface area contributed by atoms with Gasteiger partial charge < -0.3 is 9.80 Å². The van der Waals surface area contributed by atoms with Gasteiger partial charge in [-0.25, -0.2) is 4.98 Å². The smallest absolute Gasteiger partial charge is 0.339 e. The monoisotopic (exact) mass is 484 g/mol. The normalized spacial score (nSPS) is 18.4. The number of imidazole rings is 1. The Labute approximate surface area is 203 Å². The summed E-state index contributed by atoms with van der Waals surface area (Å²) in [6.45, 7) is 3.56. The molecule has 0 spiro atoms. The van der Waals surface area contributed by atoms with Crippen LogP contribution in [0.5, 0.6) is 0 Å². The molecule has 5 rings (SSSR count). The topological polar surface area (TPSA) is 41.4 Å². The van der Waals surface area contributed by atoms with Crippen molar-refractivity contribution in [2.45, 2.75) is 63.7 Å². The summed E-state index contributed by atoms with van der Waals surface area (Å²) in [6, 6.07) is 11.7. The molecule has 2 aromatic carbocycles. The van der Waals surface area contributed by atoms with Crippen LogP contribution < -0.4 is 0 Å². The molecule has 2 fully saturated rings. The third-order valence-electron chi connectivity index (χ3n) is 7.73. The number of rotatable bonds is 4. The number of para-hydroxylation sites is 2. The Balaban J connectivity index is 1.40. The van der Waals surface area contributed by atoms with Gasteiger partial charge in [-0.3, -0.25) is 9.36 Å². The van der Waals surface area contributed by atoms with Gasteiger partial charge in [-0.1, -0.05) is 25.0 Å². The van der Waals surface area contributed by atoms with Crippen LogP contribution in [-0.4, -0.2) is 57.5 Å². The van der Waals surface area contributed by atoms with Crippen LogP contribution in [0.1, 0.15) is 60.3 Å². The van der Waals surface area contributed by atoms with Gasteiger partial charge >= 0.3 is 6.18 Å². The van der Waals surface area contributed by atoms with Crippen LogP contribution in [0.15, 0.2) is 42.5 Å². The summed E-state index contributed by atoms with van der Waals surface area (Å²) in [5, 5.41) is 0. The number of aryl methyl sites for hydroxylation is 1. The molecule has 0 bridgehead atoms. The van der Waals surface area contributed by atoms with E-state index in [9.17, 15) is 18.0 Å². The minimum Gasteiger partial charge on any atom is -0.339 e. The Morgan fingerprint density at radius 3 is 2.40 bits per heavy atom. The third-order valence-corrected chi connectivity index (χ3v) is 7.73. The van der Waals surface area contributed by atoms with E-state index < -0.39 is 11.7 Å². The van der Waals surface area contributed by atoms with E-state index in [0.717, 1.165) is 32.0 Å². The van der Waals surface area contributed by atoms with Gasteiger partial charge in [0.15, 0.2) is 0 Å². The number of halogens is 3. The van der Waals surface area contributed by atoms with Crippen LogP contribution in [0.2, 0.25) is 0 Å². The number of carbonyl (C=O) groups excluding carboxylic acids is 1. The predicted molar refractivity (Wildman–Crippen MR) is 130 cm³/mol. The van der Waals surface area contributed by atoms with Crippen LogP contribution in [0.3, 0.4) is 0 Å². The molecule has 3 aromatic rings. The molecular weight excluding hydrogens is 453 g/mol. The lowest BCUT2D eigenvalue weighted by Gasteiger charge is -2.39. The lowest BCUT2D eigenvalue weighted by molar-refractivity contribution is -0.137. The van der Waals surface area contributed by atoms with Crippen molar-refractivity contribution in [2.75, 3.05) is 20.1 Å². The molecule has 1 amide bonds. The molecule has 186 valence electrons. The molecule has 1 aliphatic heterocycles. The van der Waals surface area contributed by atoms with E-state index >= 15 is 0 Å².